The number of H-pyrrole nitrogens is 1. The number of aromatic nitrogens is 2. The molecule has 4 rings (SSSR count). The summed E-state index contributed by atoms with van der Waals surface area (Å²) in [6.07, 6.45) is 4.24. The molecular weight excluding hydrogens is 350 g/mol. The van der Waals surface area contributed by atoms with Crippen LogP contribution in [0, 0.1) is 0 Å². The maximum Gasteiger partial charge on any atom is 0.138 e. The van der Waals surface area contributed by atoms with Crippen LogP contribution in [0.3, 0.4) is 0 Å². The molecule has 0 saturated heterocycles. The Balaban J connectivity index is 1.53. The molecule has 3 nitrogen and oxygen atoms in total. The van der Waals surface area contributed by atoms with Crippen molar-refractivity contribution in [3.8, 4) is 11.4 Å². The zero-order chi connectivity index (χ0) is 15.6. The first kappa shape index (κ1) is 14.3. The van der Waals surface area contributed by atoms with E-state index in [4.69, 9.17) is 4.98 Å². The first-order valence-electron chi connectivity index (χ1n) is 7.59. The number of hydrogen-bond donors (Lipinski definition) is 1. The summed E-state index contributed by atoms with van der Waals surface area (Å²) >= 11 is 3.48. The van der Waals surface area contributed by atoms with Gasteiger partial charge in [0, 0.05) is 22.8 Å². The van der Waals surface area contributed by atoms with E-state index in [9.17, 15) is 0 Å². The van der Waals surface area contributed by atoms with Gasteiger partial charge < -0.3 is 9.88 Å². The highest BCUT2D eigenvalue weighted by Crippen LogP contribution is 2.24. The van der Waals surface area contributed by atoms with E-state index < -0.39 is 0 Å². The molecule has 0 unspecified atom stereocenters. The van der Waals surface area contributed by atoms with Crippen LogP contribution < -0.4 is 0 Å². The highest BCUT2D eigenvalue weighted by atomic mass is 79.9. The number of rotatable bonds is 3. The minimum absolute atomic E-state index is 0.825. The molecule has 23 heavy (non-hydrogen) atoms. The molecule has 4 heteroatoms. The fraction of sp³-hybridized carbons (Fsp3) is 0.105. The van der Waals surface area contributed by atoms with Crippen molar-refractivity contribution < 1.29 is 0 Å². The third-order valence-electron chi connectivity index (χ3n) is 3.96. The Kier molecular flexibility index (Phi) is 3.75. The molecule has 0 amide bonds. The minimum Gasteiger partial charge on any atom is -0.367 e. The van der Waals surface area contributed by atoms with Crippen LogP contribution in [-0.2, 0) is 13.1 Å². The van der Waals surface area contributed by atoms with E-state index in [2.05, 4.69) is 74.5 Å². The topological polar surface area (TPSA) is 31.9 Å². The maximum atomic E-state index is 4.77. The van der Waals surface area contributed by atoms with Gasteiger partial charge in [-0.05, 0) is 23.8 Å². The Morgan fingerprint density at radius 2 is 1.83 bits per heavy atom. The normalized spacial score (nSPS) is 13.2. The lowest BCUT2D eigenvalue weighted by Gasteiger charge is -2.22. The Hall–Kier alpha value is -2.33. The Bertz CT molecular complexity index is 835. The van der Waals surface area contributed by atoms with Gasteiger partial charge in [0.1, 0.15) is 5.82 Å². The fourth-order valence-corrected chi connectivity index (χ4v) is 3.04. The fourth-order valence-electron chi connectivity index (χ4n) is 2.77. The SMILES string of the molecule is Brc1ccc(CN2C=Cc3[nH]c(-c4ccccc4)nc3C2)cc1. The third kappa shape index (κ3) is 3.08. The van der Waals surface area contributed by atoms with Crippen molar-refractivity contribution in [3.63, 3.8) is 0 Å². The van der Waals surface area contributed by atoms with Gasteiger partial charge in [-0.3, -0.25) is 0 Å². The third-order valence-corrected chi connectivity index (χ3v) is 4.49. The van der Waals surface area contributed by atoms with Gasteiger partial charge in [0.15, 0.2) is 0 Å². The summed E-state index contributed by atoms with van der Waals surface area (Å²) in [6.45, 7) is 1.71. The average Bonchev–Trinajstić information content (AvgIpc) is 3.01. The second-order valence-corrected chi connectivity index (χ2v) is 6.57. The van der Waals surface area contributed by atoms with Crippen LogP contribution in [0.4, 0.5) is 0 Å². The second-order valence-electron chi connectivity index (χ2n) is 5.66. The van der Waals surface area contributed by atoms with E-state index in [-0.39, 0.29) is 0 Å². The average molecular weight is 366 g/mol. The molecule has 0 aliphatic carbocycles. The number of fused-ring (bicyclic) bond motifs is 1. The van der Waals surface area contributed by atoms with Gasteiger partial charge in [-0.2, -0.15) is 0 Å². The van der Waals surface area contributed by atoms with Crippen LogP contribution in [0.1, 0.15) is 17.0 Å². The van der Waals surface area contributed by atoms with Crippen LogP contribution in [0.25, 0.3) is 17.5 Å². The largest absolute Gasteiger partial charge is 0.367 e. The predicted molar refractivity (Wildman–Crippen MR) is 96.4 cm³/mol. The molecular formula is C19H16BrN3. The lowest BCUT2D eigenvalue weighted by atomic mass is 10.2. The molecule has 1 aliphatic rings. The summed E-state index contributed by atoms with van der Waals surface area (Å²) in [5, 5.41) is 0. The molecule has 0 radical (unpaired) electrons. The number of nitrogens with zero attached hydrogens (tertiary/aromatic N) is 2. The molecule has 1 aliphatic heterocycles. The molecule has 2 heterocycles. The van der Waals surface area contributed by atoms with Gasteiger partial charge in [0.25, 0.3) is 0 Å². The summed E-state index contributed by atoms with van der Waals surface area (Å²) in [4.78, 5) is 10.5. The summed E-state index contributed by atoms with van der Waals surface area (Å²) in [5.41, 5.74) is 4.62. The number of hydrogen-bond acceptors (Lipinski definition) is 2. The van der Waals surface area contributed by atoms with E-state index in [0.29, 0.717) is 0 Å². The maximum absolute atomic E-state index is 4.77. The summed E-state index contributed by atoms with van der Waals surface area (Å²) in [7, 11) is 0. The Morgan fingerprint density at radius 3 is 2.61 bits per heavy atom. The molecule has 0 fully saturated rings. The van der Waals surface area contributed by atoms with Crippen molar-refractivity contribution >= 4 is 22.0 Å². The van der Waals surface area contributed by atoms with Crippen molar-refractivity contribution in [2.24, 2.45) is 0 Å². The summed E-state index contributed by atoms with van der Waals surface area (Å²) in [5.74, 6) is 0.936. The van der Waals surface area contributed by atoms with Crippen LogP contribution in [0.5, 0.6) is 0 Å². The number of nitrogens with one attached hydrogen (secondary N) is 1. The first-order chi connectivity index (χ1) is 11.3. The van der Waals surface area contributed by atoms with Crippen LogP contribution in [-0.4, -0.2) is 14.9 Å². The van der Waals surface area contributed by atoms with E-state index in [1.807, 2.05) is 18.2 Å². The van der Waals surface area contributed by atoms with Crippen molar-refractivity contribution in [1.82, 2.24) is 14.9 Å². The molecule has 0 bridgehead atoms. The van der Waals surface area contributed by atoms with Gasteiger partial charge in [0.05, 0.1) is 17.9 Å². The molecule has 2 aromatic carbocycles. The zero-order valence-corrected chi connectivity index (χ0v) is 14.1. The van der Waals surface area contributed by atoms with Crippen LogP contribution in [0.2, 0.25) is 0 Å². The number of aromatic amines is 1. The second kappa shape index (κ2) is 6.05. The first-order valence-corrected chi connectivity index (χ1v) is 8.38. The number of benzene rings is 2. The van der Waals surface area contributed by atoms with E-state index in [1.165, 1.54) is 5.56 Å². The van der Waals surface area contributed by atoms with Gasteiger partial charge in [-0.15, -0.1) is 0 Å². The smallest absolute Gasteiger partial charge is 0.138 e. The Labute approximate surface area is 143 Å². The standard InChI is InChI=1S/C19H16BrN3/c20-16-8-6-14(7-9-16)12-23-11-10-17-18(13-23)22-19(21-17)15-4-2-1-3-5-15/h1-11H,12-13H2,(H,21,22). The number of imidazole rings is 1. The number of halogens is 1. The molecule has 0 saturated carbocycles. The van der Waals surface area contributed by atoms with Gasteiger partial charge >= 0.3 is 0 Å². The summed E-state index contributed by atoms with van der Waals surface area (Å²) < 4.78 is 1.11. The minimum atomic E-state index is 0.825. The van der Waals surface area contributed by atoms with Gasteiger partial charge in [0.2, 0.25) is 0 Å². The van der Waals surface area contributed by atoms with Crippen molar-refractivity contribution in [2.45, 2.75) is 13.1 Å². The van der Waals surface area contributed by atoms with Crippen molar-refractivity contribution in [3.05, 3.63) is 82.2 Å². The highest BCUT2D eigenvalue weighted by Gasteiger charge is 2.16. The molecule has 0 spiro atoms. The van der Waals surface area contributed by atoms with E-state index in [0.717, 1.165) is 40.3 Å². The van der Waals surface area contributed by atoms with E-state index >= 15 is 0 Å². The molecule has 0 atom stereocenters. The zero-order valence-electron chi connectivity index (χ0n) is 12.5. The van der Waals surface area contributed by atoms with Gasteiger partial charge in [-0.25, -0.2) is 4.98 Å². The molecule has 3 aromatic rings. The van der Waals surface area contributed by atoms with E-state index in [1.54, 1.807) is 0 Å². The molecule has 1 aromatic heterocycles. The molecule has 1 N–H and O–H groups in total. The highest BCUT2D eigenvalue weighted by molar-refractivity contribution is 9.10. The van der Waals surface area contributed by atoms with Crippen LogP contribution >= 0.6 is 15.9 Å². The van der Waals surface area contributed by atoms with Crippen LogP contribution in [0.15, 0.2) is 65.3 Å². The lowest BCUT2D eigenvalue weighted by molar-refractivity contribution is 0.355. The Morgan fingerprint density at radius 1 is 1.04 bits per heavy atom. The van der Waals surface area contributed by atoms with Crippen molar-refractivity contribution in [1.29, 1.82) is 0 Å². The monoisotopic (exact) mass is 365 g/mol. The lowest BCUT2D eigenvalue weighted by Crippen LogP contribution is -2.19. The summed E-state index contributed by atoms with van der Waals surface area (Å²) in [6, 6.07) is 18.7. The van der Waals surface area contributed by atoms with Gasteiger partial charge in [-0.1, -0.05) is 58.4 Å². The van der Waals surface area contributed by atoms with Crippen molar-refractivity contribution in [2.75, 3.05) is 0 Å². The molecule has 114 valence electrons. The predicted octanol–water partition coefficient (Wildman–Crippen LogP) is 4.83. The quantitative estimate of drug-likeness (QED) is 0.720.